The number of rotatable bonds is 4. The van der Waals surface area contributed by atoms with Gasteiger partial charge in [0.2, 0.25) is 5.91 Å². The predicted octanol–water partition coefficient (Wildman–Crippen LogP) is 0.719. The maximum Gasteiger partial charge on any atom is 0.325 e. The van der Waals surface area contributed by atoms with Crippen molar-refractivity contribution in [3.05, 3.63) is 0 Å². The summed E-state index contributed by atoms with van der Waals surface area (Å²) in [4.78, 5) is 39.2. The van der Waals surface area contributed by atoms with Gasteiger partial charge in [-0.2, -0.15) is 0 Å². The summed E-state index contributed by atoms with van der Waals surface area (Å²) in [5.41, 5.74) is -0.855. The second-order valence-corrected chi connectivity index (χ2v) is 5.17. The molecule has 0 atom stereocenters. The molecule has 2 rings (SSSR count). The summed E-state index contributed by atoms with van der Waals surface area (Å²) in [7, 11) is 0. The van der Waals surface area contributed by atoms with Crippen molar-refractivity contribution in [1.82, 2.24) is 15.1 Å². The zero-order valence-electron chi connectivity index (χ0n) is 11.6. The van der Waals surface area contributed by atoms with Gasteiger partial charge in [0.05, 0.1) is 0 Å². The number of urea groups is 1. The molecule has 1 N–H and O–H groups in total. The van der Waals surface area contributed by atoms with Gasteiger partial charge in [-0.05, 0) is 25.7 Å². The molecule has 2 heterocycles. The van der Waals surface area contributed by atoms with Crippen molar-refractivity contribution in [3.63, 3.8) is 0 Å². The molecule has 2 saturated heterocycles. The minimum Gasteiger partial charge on any atom is -0.341 e. The number of likely N-dealkylation sites (tertiary alicyclic amines) is 1. The monoisotopic (exact) mass is 267 g/mol. The summed E-state index contributed by atoms with van der Waals surface area (Å²) in [6, 6.07) is -0.443. The van der Waals surface area contributed by atoms with Crippen LogP contribution >= 0.6 is 0 Å². The highest BCUT2D eigenvalue weighted by molar-refractivity contribution is 6.08. The van der Waals surface area contributed by atoms with Gasteiger partial charge < -0.3 is 9.80 Å². The number of carbonyl (C=O) groups is 3. The number of carbonyl (C=O) groups excluding carboxylic acids is 3. The first-order valence-corrected chi connectivity index (χ1v) is 6.96. The first-order valence-electron chi connectivity index (χ1n) is 6.96. The van der Waals surface area contributed by atoms with Gasteiger partial charge in [-0.15, -0.1) is 0 Å². The molecule has 6 heteroatoms. The van der Waals surface area contributed by atoms with Crippen molar-refractivity contribution < 1.29 is 14.4 Å². The van der Waals surface area contributed by atoms with Crippen LogP contribution in [0.1, 0.15) is 39.5 Å². The molecule has 0 aliphatic carbocycles. The second-order valence-electron chi connectivity index (χ2n) is 5.17. The first kappa shape index (κ1) is 13.8. The van der Waals surface area contributed by atoms with E-state index < -0.39 is 11.6 Å². The predicted molar refractivity (Wildman–Crippen MR) is 69.4 cm³/mol. The van der Waals surface area contributed by atoms with Gasteiger partial charge in [0.25, 0.3) is 5.91 Å². The fraction of sp³-hybridized carbons (Fsp3) is 0.769. The molecule has 0 spiro atoms. The summed E-state index contributed by atoms with van der Waals surface area (Å²) < 4.78 is 0. The van der Waals surface area contributed by atoms with Gasteiger partial charge >= 0.3 is 6.03 Å². The summed E-state index contributed by atoms with van der Waals surface area (Å²) in [5, 5.41) is 2.33. The lowest BCUT2D eigenvalue weighted by molar-refractivity contribution is -0.133. The maximum absolute atomic E-state index is 12.2. The standard InChI is InChI=1S/C13H21N3O3/c1-3-13(4-2)11(18)14-12(19)16(13)9-10(17)15-7-5-6-8-15/h3-9H2,1-2H3,(H,14,18,19). The van der Waals surface area contributed by atoms with Gasteiger partial charge in [0.1, 0.15) is 12.1 Å². The third kappa shape index (κ3) is 2.19. The van der Waals surface area contributed by atoms with Crippen LogP contribution in [0.25, 0.3) is 0 Å². The molecular formula is C13H21N3O3. The molecule has 19 heavy (non-hydrogen) atoms. The van der Waals surface area contributed by atoms with E-state index in [1.165, 1.54) is 4.90 Å². The first-order chi connectivity index (χ1) is 9.05. The van der Waals surface area contributed by atoms with Crippen molar-refractivity contribution in [2.45, 2.75) is 45.1 Å². The molecule has 0 aromatic carbocycles. The maximum atomic E-state index is 12.2. The fourth-order valence-electron chi connectivity index (χ4n) is 2.98. The molecule has 2 aliphatic rings. The van der Waals surface area contributed by atoms with Crippen molar-refractivity contribution in [1.29, 1.82) is 0 Å². The van der Waals surface area contributed by atoms with E-state index in [9.17, 15) is 14.4 Å². The molecule has 0 bridgehead atoms. The van der Waals surface area contributed by atoms with Crippen LogP contribution < -0.4 is 5.32 Å². The Hall–Kier alpha value is -1.59. The third-order valence-electron chi connectivity index (χ3n) is 4.33. The Morgan fingerprint density at radius 2 is 1.79 bits per heavy atom. The molecule has 0 aromatic heterocycles. The van der Waals surface area contributed by atoms with Crippen molar-refractivity contribution in [2.75, 3.05) is 19.6 Å². The summed E-state index contributed by atoms with van der Waals surface area (Å²) in [6.45, 7) is 5.25. The van der Waals surface area contributed by atoms with Crippen LogP contribution in [0.15, 0.2) is 0 Å². The summed E-state index contributed by atoms with van der Waals surface area (Å²) >= 11 is 0. The smallest absolute Gasteiger partial charge is 0.325 e. The van der Waals surface area contributed by atoms with Crippen LogP contribution in [-0.2, 0) is 9.59 Å². The number of amides is 4. The van der Waals surface area contributed by atoms with E-state index in [0.717, 1.165) is 25.9 Å². The fourth-order valence-corrected chi connectivity index (χ4v) is 2.98. The Balaban J connectivity index is 2.14. The Labute approximate surface area is 113 Å². The average Bonchev–Trinajstić information content (AvgIpc) is 2.99. The molecule has 2 fully saturated rings. The van der Waals surface area contributed by atoms with Crippen molar-refractivity contribution in [3.8, 4) is 0 Å². The Bertz CT molecular complexity index is 398. The SMILES string of the molecule is CCC1(CC)C(=O)NC(=O)N1CC(=O)N1CCCC1. The van der Waals surface area contributed by atoms with Crippen LogP contribution in [0, 0.1) is 0 Å². The van der Waals surface area contributed by atoms with Gasteiger partial charge in [-0.25, -0.2) is 4.79 Å². The molecule has 2 aliphatic heterocycles. The molecule has 0 aromatic rings. The summed E-state index contributed by atoms with van der Waals surface area (Å²) in [6.07, 6.45) is 3.08. The highest BCUT2D eigenvalue weighted by Crippen LogP contribution is 2.29. The topological polar surface area (TPSA) is 69.7 Å². The Kier molecular flexibility index (Phi) is 3.78. The van der Waals surface area contributed by atoms with Crippen molar-refractivity contribution >= 4 is 17.8 Å². The summed E-state index contributed by atoms with van der Waals surface area (Å²) in [5.74, 6) is -0.342. The van der Waals surface area contributed by atoms with E-state index in [0.29, 0.717) is 12.8 Å². The zero-order valence-corrected chi connectivity index (χ0v) is 11.6. The zero-order chi connectivity index (χ0) is 14.0. The van der Waals surface area contributed by atoms with Crippen LogP contribution in [0.3, 0.4) is 0 Å². The Morgan fingerprint density at radius 1 is 1.21 bits per heavy atom. The molecular weight excluding hydrogens is 246 g/mol. The third-order valence-corrected chi connectivity index (χ3v) is 4.33. The van der Waals surface area contributed by atoms with Crippen LogP contribution in [-0.4, -0.2) is 52.8 Å². The van der Waals surface area contributed by atoms with E-state index in [2.05, 4.69) is 5.32 Å². The van der Waals surface area contributed by atoms with E-state index in [1.54, 1.807) is 4.90 Å². The molecule has 0 saturated carbocycles. The normalized spacial score (nSPS) is 22.0. The van der Waals surface area contributed by atoms with Gasteiger partial charge in [-0.3, -0.25) is 14.9 Å². The molecule has 106 valence electrons. The number of hydrogen-bond donors (Lipinski definition) is 1. The molecule has 0 unspecified atom stereocenters. The number of imide groups is 1. The van der Waals surface area contributed by atoms with E-state index >= 15 is 0 Å². The average molecular weight is 267 g/mol. The van der Waals surface area contributed by atoms with E-state index in [1.807, 2.05) is 13.8 Å². The number of nitrogens with zero attached hydrogens (tertiary/aromatic N) is 2. The van der Waals surface area contributed by atoms with Crippen molar-refractivity contribution in [2.24, 2.45) is 0 Å². The van der Waals surface area contributed by atoms with Gasteiger partial charge in [-0.1, -0.05) is 13.8 Å². The van der Waals surface area contributed by atoms with Crippen LogP contribution in [0.5, 0.6) is 0 Å². The molecule has 6 nitrogen and oxygen atoms in total. The Morgan fingerprint density at radius 3 is 2.32 bits per heavy atom. The van der Waals surface area contributed by atoms with Crippen LogP contribution in [0.4, 0.5) is 4.79 Å². The highest BCUT2D eigenvalue weighted by atomic mass is 16.2. The lowest BCUT2D eigenvalue weighted by atomic mass is 9.91. The minimum absolute atomic E-state index is 0.000741. The minimum atomic E-state index is -0.855. The van der Waals surface area contributed by atoms with Crippen LogP contribution in [0.2, 0.25) is 0 Å². The lowest BCUT2D eigenvalue weighted by Crippen LogP contribution is -2.52. The molecule has 0 radical (unpaired) electrons. The highest BCUT2D eigenvalue weighted by Gasteiger charge is 2.51. The lowest BCUT2D eigenvalue weighted by Gasteiger charge is -2.34. The number of hydrogen-bond acceptors (Lipinski definition) is 3. The molecule has 4 amide bonds. The largest absolute Gasteiger partial charge is 0.341 e. The van der Waals surface area contributed by atoms with E-state index in [4.69, 9.17) is 0 Å². The van der Waals surface area contributed by atoms with E-state index in [-0.39, 0.29) is 18.4 Å². The van der Waals surface area contributed by atoms with Gasteiger partial charge in [0, 0.05) is 13.1 Å². The van der Waals surface area contributed by atoms with Gasteiger partial charge in [0.15, 0.2) is 0 Å². The second kappa shape index (κ2) is 5.19. The quantitative estimate of drug-likeness (QED) is 0.763. The number of nitrogens with one attached hydrogen (secondary N) is 1.